The molecule has 0 aliphatic carbocycles. The van der Waals surface area contributed by atoms with E-state index in [1.807, 2.05) is 6.07 Å². The Hall–Kier alpha value is -3.67. The van der Waals surface area contributed by atoms with Gasteiger partial charge in [0.15, 0.2) is 5.96 Å². The fourth-order valence-electron chi connectivity index (χ4n) is 4.40. The number of nitrogens with two attached hydrogens (primary N) is 2. The standard InChI is InChI=1S/C24H32N6O6.ClH/c25-23(26)27-12-4-8-17(14-31)28-21(33)18-9-5-13-29(18)22(34)19-10-11-20(32)30(19)24(35)36-15-16-6-2-1-3-7-16;/h1-3,6-7,14,17-19H,4-5,8-13,15H2,(H,28,33)(H4,25,26,27);1H/t17-,18-,19+;/m0./s1. The third-order valence-electron chi connectivity index (χ3n) is 6.20. The molecule has 2 fully saturated rings. The van der Waals surface area contributed by atoms with Gasteiger partial charge in [0.25, 0.3) is 0 Å². The number of nitrogens with one attached hydrogen (secondary N) is 1. The number of carbonyl (C=O) groups excluding carboxylic acids is 5. The van der Waals surface area contributed by atoms with E-state index in [4.69, 9.17) is 16.2 Å². The second-order valence-electron chi connectivity index (χ2n) is 8.75. The molecule has 37 heavy (non-hydrogen) atoms. The van der Waals surface area contributed by atoms with Crippen LogP contribution in [0.4, 0.5) is 4.79 Å². The monoisotopic (exact) mass is 536 g/mol. The van der Waals surface area contributed by atoms with Crippen LogP contribution >= 0.6 is 12.4 Å². The summed E-state index contributed by atoms with van der Waals surface area (Å²) in [5.41, 5.74) is 11.3. The Kier molecular flexibility index (Phi) is 11.3. The first-order valence-corrected chi connectivity index (χ1v) is 12.0. The van der Waals surface area contributed by atoms with E-state index in [0.29, 0.717) is 45.1 Å². The zero-order valence-corrected chi connectivity index (χ0v) is 21.2. The Morgan fingerprint density at radius 2 is 1.89 bits per heavy atom. The van der Waals surface area contributed by atoms with E-state index in [1.165, 1.54) is 4.90 Å². The van der Waals surface area contributed by atoms with E-state index in [2.05, 4.69) is 10.3 Å². The zero-order valence-electron chi connectivity index (χ0n) is 20.4. The van der Waals surface area contributed by atoms with E-state index < -0.39 is 41.9 Å². The number of rotatable bonds is 10. The lowest BCUT2D eigenvalue weighted by Gasteiger charge is -2.30. The average Bonchev–Trinajstić information content (AvgIpc) is 3.51. The maximum atomic E-state index is 13.4. The number of likely N-dealkylation sites (tertiary alicyclic amines) is 2. The smallest absolute Gasteiger partial charge is 0.417 e. The average molecular weight is 537 g/mol. The van der Waals surface area contributed by atoms with Crippen molar-refractivity contribution in [1.29, 1.82) is 0 Å². The van der Waals surface area contributed by atoms with Gasteiger partial charge in [-0.3, -0.25) is 19.4 Å². The van der Waals surface area contributed by atoms with Crippen molar-refractivity contribution in [3.8, 4) is 0 Å². The highest BCUT2D eigenvalue weighted by Gasteiger charge is 2.46. The summed E-state index contributed by atoms with van der Waals surface area (Å²) in [5.74, 6) is -1.48. The van der Waals surface area contributed by atoms with Crippen molar-refractivity contribution in [2.45, 2.75) is 63.3 Å². The minimum atomic E-state index is -1.03. The maximum Gasteiger partial charge on any atom is 0.417 e. The number of ether oxygens (including phenoxy) is 1. The Morgan fingerprint density at radius 3 is 2.57 bits per heavy atom. The van der Waals surface area contributed by atoms with Gasteiger partial charge in [0.1, 0.15) is 25.0 Å². The number of benzene rings is 1. The van der Waals surface area contributed by atoms with Crippen LogP contribution in [-0.4, -0.2) is 77.1 Å². The van der Waals surface area contributed by atoms with E-state index in [1.54, 1.807) is 24.3 Å². The number of halogens is 1. The van der Waals surface area contributed by atoms with E-state index in [9.17, 15) is 24.0 Å². The first kappa shape index (κ1) is 29.6. The Bertz CT molecular complexity index is 1000. The SMILES string of the molecule is Cl.NC(N)=NCCC[C@@H](C=O)NC(=O)[C@@H]1CCCN1C(=O)[C@H]1CCC(=O)N1C(=O)OCc1ccccc1. The number of nitrogens with zero attached hydrogens (tertiary/aromatic N) is 3. The van der Waals surface area contributed by atoms with E-state index in [0.717, 1.165) is 10.5 Å². The molecule has 5 N–H and O–H groups in total. The number of hydrogen-bond acceptors (Lipinski definition) is 7. The lowest BCUT2D eigenvalue weighted by Crippen LogP contribution is -2.54. The van der Waals surface area contributed by atoms with Gasteiger partial charge in [0, 0.05) is 19.5 Å². The van der Waals surface area contributed by atoms with Gasteiger partial charge in [-0.2, -0.15) is 0 Å². The molecule has 0 spiro atoms. The molecule has 1 aromatic carbocycles. The van der Waals surface area contributed by atoms with Crippen molar-refractivity contribution in [2.75, 3.05) is 13.1 Å². The third kappa shape index (κ3) is 7.91. The van der Waals surface area contributed by atoms with Gasteiger partial charge in [-0.25, -0.2) is 9.69 Å². The molecule has 13 heteroatoms. The van der Waals surface area contributed by atoms with Crippen molar-refractivity contribution < 1.29 is 28.7 Å². The molecule has 2 aliphatic heterocycles. The molecule has 3 rings (SSSR count). The first-order chi connectivity index (χ1) is 17.3. The Morgan fingerprint density at radius 1 is 1.16 bits per heavy atom. The zero-order chi connectivity index (χ0) is 26.1. The van der Waals surface area contributed by atoms with Gasteiger partial charge < -0.3 is 31.2 Å². The number of carbonyl (C=O) groups is 5. The largest absolute Gasteiger partial charge is 0.444 e. The summed E-state index contributed by atoms with van der Waals surface area (Å²) < 4.78 is 5.28. The van der Waals surface area contributed by atoms with E-state index in [-0.39, 0.29) is 37.8 Å². The summed E-state index contributed by atoms with van der Waals surface area (Å²) in [5, 5.41) is 2.67. The fourth-order valence-corrected chi connectivity index (χ4v) is 4.40. The number of aldehydes is 1. The maximum absolute atomic E-state index is 13.4. The van der Waals surface area contributed by atoms with Crippen molar-refractivity contribution in [1.82, 2.24) is 15.1 Å². The molecule has 0 unspecified atom stereocenters. The minimum Gasteiger partial charge on any atom is -0.444 e. The molecule has 2 saturated heterocycles. The van der Waals surface area contributed by atoms with Crippen molar-refractivity contribution in [2.24, 2.45) is 16.5 Å². The molecule has 2 aliphatic rings. The predicted octanol–water partition coefficient (Wildman–Crippen LogP) is 0.464. The molecule has 1 aromatic rings. The summed E-state index contributed by atoms with van der Waals surface area (Å²) >= 11 is 0. The van der Waals surface area contributed by atoms with Crippen molar-refractivity contribution >= 4 is 48.5 Å². The molecule has 0 saturated carbocycles. The molecule has 2 heterocycles. The van der Waals surface area contributed by atoms with Crippen LogP contribution in [0, 0.1) is 0 Å². The molecule has 12 nitrogen and oxygen atoms in total. The van der Waals surface area contributed by atoms with Crippen LogP contribution in [0.3, 0.4) is 0 Å². The van der Waals surface area contributed by atoms with E-state index >= 15 is 0 Å². The molecule has 0 bridgehead atoms. The number of imide groups is 1. The second kappa shape index (κ2) is 14.2. The van der Waals surface area contributed by atoms with Gasteiger partial charge in [-0.15, -0.1) is 12.4 Å². The van der Waals surface area contributed by atoms with Gasteiger partial charge in [0.2, 0.25) is 17.7 Å². The molecular formula is C24H33ClN6O6. The molecular weight excluding hydrogens is 504 g/mol. The van der Waals surface area contributed by atoms with Gasteiger partial charge >= 0.3 is 6.09 Å². The van der Waals surface area contributed by atoms with Gasteiger partial charge in [0.05, 0.1) is 6.04 Å². The topological polar surface area (TPSA) is 177 Å². The van der Waals surface area contributed by atoms with Crippen molar-refractivity contribution in [3.63, 3.8) is 0 Å². The lowest BCUT2D eigenvalue weighted by atomic mass is 10.1. The number of hydrogen-bond donors (Lipinski definition) is 3. The first-order valence-electron chi connectivity index (χ1n) is 12.0. The van der Waals surface area contributed by atoms with Gasteiger partial charge in [-0.05, 0) is 37.7 Å². The highest BCUT2D eigenvalue weighted by molar-refractivity contribution is 6.01. The summed E-state index contributed by atoms with van der Waals surface area (Å²) in [6.07, 6.45) is 1.75. The number of amides is 4. The highest BCUT2D eigenvalue weighted by atomic mass is 35.5. The van der Waals surface area contributed by atoms with Crippen LogP contribution < -0.4 is 16.8 Å². The van der Waals surface area contributed by atoms with Crippen LogP contribution in [0.1, 0.15) is 44.1 Å². The minimum absolute atomic E-state index is 0. The summed E-state index contributed by atoms with van der Waals surface area (Å²) in [6, 6.07) is 6.41. The summed E-state index contributed by atoms with van der Waals surface area (Å²) in [7, 11) is 0. The van der Waals surface area contributed by atoms with Crippen LogP contribution in [0.2, 0.25) is 0 Å². The Balaban J connectivity index is 0.00000481. The summed E-state index contributed by atoms with van der Waals surface area (Å²) in [6.45, 7) is 0.600. The normalized spacial score (nSPS) is 19.5. The predicted molar refractivity (Wildman–Crippen MR) is 136 cm³/mol. The Labute approximate surface area is 221 Å². The number of aliphatic imine (C=N–C) groups is 1. The second-order valence-corrected chi connectivity index (χ2v) is 8.75. The fraction of sp³-hybridized carbons (Fsp3) is 0.500. The van der Waals surface area contributed by atoms with Crippen LogP contribution in [0.15, 0.2) is 35.3 Å². The van der Waals surface area contributed by atoms with Crippen LogP contribution in [-0.2, 0) is 30.5 Å². The quantitative estimate of drug-likeness (QED) is 0.167. The molecule has 3 atom stereocenters. The molecule has 4 amide bonds. The third-order valence-corrected chi connectivity index (χ3v) is 6.20. The summed E-state index contributed by atoms with van der Waals surface area (Å²) in [4.78, 5) is 69.0. The number of guanidine groups is 1. The molecule has 202 valence electrons. The molecule has 0 radical (unpaired) electrons. The molecule has 0 aromatic heterocycles. The van der Waals surface area contributed by atoms with Gasteiger partial charge in [-0.1, -0.05) is 30.3 Å². The van der Waals surface area contributed by atoms with Crippen molar-refractivity contribution in [3.05, 3.63) is 35.9 Å². The highest BCUT2D eigenvalue weighted by Crippen LogP contribution is 2.26. The van der Waals surface area contributed by atoms with Crippen LogP contribution in [0.25, 0.3) is 0 Å². The van der Waals surface area contributed by atoms with Crippen LogP contribution in [0.5, 0.6) is 0 Å². The lowest BCUT2D eigenvalue weighted by molar-refractivity contribution is -0.144.